The van der Waals surface area contributed by atoms with Crippen molar-refractivity contribution in [2.75, 3.05) is 0 Å². The van der Waals surface area contributed by atoms with Gasteiger partial charge in [0.2, 0.25) is 0 Å². The van der Waals surface area contributed by atoms with Crippen LogP contribution in [0.5, 0.6) is 0 Å². The third-order valence-corrected chi connectivity index (χ3v) is 5.73. The van der Waals surface area contributed by atoms with E-state index in [1.807, 2.05) is 54.6 Å². The predicted octanol–water partition coefficient (Wildman–Crippen LogP) is 8.18. The number of furan rings is 1. The Morgan fingerprint density at radius 3 is 1.94 bits per heavy atom. The molecule has 6 heteroatoms. The van der Waals surface area contributed by atoms with Crippen LogP contribution in [0.25, 0.3) is 45.2 Å². The van der Waals surface area contributed by atoms with Crippen molar-refractivity contribution in [1.82, 2.24) is 10.2 Å². The highest BCUT2D eigenvalue weighted by molar-refractivity contribution is 6.33. The molecule has 0 N–H and O–H groups in total. The molecular weight excluding hydrogens is 446 g/mol. The molecule has 0 amide bonds. The van der Waals surface area contributed by atoms with Crippen LogP contribution in [-0.2, 0) is 0 Å². The van der Waals surface area contributed by atoms with E-state index in [2.05, 4.69) is 10.2 Å². The summed E-state index contributed by atoms with van der Waals surface area (Å²) in [5.74, 6) is 0.896. The maximum absolute atomic E-state index is 13.3. The Morgan fingerprint density at radius 2 is 1.25 bits per heavy atom. The number of aromatic nitrogens is 2. The van der Waals surface area contributed by atoms with Crippen LogP contribution in [0.4, 0.5) is 4.39 Å². The monoisotopic (exact) mass is 460 g/mol. The van der Waals surface area contributed by atoms with Crippen molar-refractivity contribution in [3.8, 4) is 45.2 Å². The van der Waals surface area contributed by atoms with Crippen LogP contribution in [-0.4, -0.2) is 10.2 Å². The average molecular weight is 461 g/mol. The third kappa shape index (κ3) is 3.91. The number of rotatable bonds is 4. The van der Waals surface area contributed by atoms with Crippen molar-refractivity contribution < 1.29 is 8.81 Å². The molecule has 0 atom stereocenters. The van der Waals surface area contributed by atoms with E-state index in [4.69, 9.17) is 27.6 Å². The average Bonchev–Trinajstić information content (AvgIpc) is 3.30. The van der Waals surface area contributed by atoms with Gasteiger partial charge in [0.05, 0.1) is 15.7 Å². The first-order chi connectivity index (χ1) is 15.6. The van der Waals surface area contributed by atoms with E-state index in [1.165, 1.54) is 12.1 Å². The Hall–Kier alpha value is -3.47. The first kappa shape index (κ1) is 20.4. The molecule has 0 aliphatic carbocycles. The summed E-state index contributed by atoms with van der Waals surface area (Å²) in [5, 5.41) is 10.0. The molecule has 5 aromatic rings. The Labute approximate surface area is 194 Å². The molecule has 156 valence electrons. The number of halogens is 3. The molecule has 2 heterocycles. The van der Waals surface area contributed by atoms with Crippen molar-refractivity contribution in [1.29, 1.82) is 0 Å². The van der Waals surface area contributed by atoms with E-state index in [9.17, 15) is 4.39 Å². The quantitative estimate of drug-likeness (QED) is 0.271. The Morgan fingerprint density at radius 1 is 0.625 bits per heavy atom. The Kier molecular flexibility index (Phi) is 5.48. The van der Waals surface area contributed by atoms with Gasteiger partial charge in [-0.15, -0.1) is 10.2 Å². The van der Waals surface area contributed by atoms with Crippen molar-refractivity contribution in [3.05, 3.63) is 107 Å². The van der Waals surface area contributed by atoms with Crippen molar-refractivity contribution in [2.24, 2.45) is 0 Å². The molecule has 0 aliphatic heterocycles. The molecule has 3 nitrogen and oxygen atoms in total. The zero-order valence-electron chi connectivity index (χ0n) is 16.6. The molecule has 32 heavy (non-hydrogen) atoms. The number of nitrogens with zero attached hydrogens (tertiary/aromatic N) is 2. The van der Waals surface area contributed by atoms with Gasteiger partial charge < -0.3 is 4.42 Å². The second-order valence-corrected chi connectivity index (χ2v) is 7.94. The summed E-state index contributed by atoms with van der Waals surface area (Å²) < 4.78 is 19.5. The highest BCUT2D eigenvalue weighted by atomic mass is 35.5. The van der Waals surface area contributed by atoms with Crippen LogP contribution in [0.2, 0.25) is 10.0 Å². The van der Waals surface area contributed by atoms with Gasteiger partial charge in [0, 0.05) is 22.3 Å². The van der Waals surface area contributed by atoms with Gasteiger partial charge in [-0.3, -0.25) is 0 Å². The van der Waals surface area contributed by atoms with Gasteiger partial charge in [-0.05, 0) is 54.6 Å². The fourth-order valence-electron chi connectivity index (χ4n) is 3.48. The van der Waals surface area contributed by atoms with E-state index in [0.29, 0.717) is 33.0 Å². The van der Waals surface area contributed by atoms with E-state index in [1.54, 1.807) is 24.3 Å². The van der Waals surface area contributed by atoms with E-state index >= 15 is 0 Å². The van der Waals surface area contributed by atoms with Crippen LogP contribution in [0.15, 0.2) is 95.4 Å². The lowest BCUT2D eigenvalue weighted by Gasteiger charge is -2.11. The van der Waals surface area contributed by atoms with Gasteiger partial charge in [-0.1, -0.05) is 59.6 Å². The lowest BCUT2D eigenvalue weighted by molar-refractivity contribution is 0.596. The smallest absolute Gasteiger partial charge is 0.137 e. The van der Waals surface area contributed by atoms with Crippen molar-refractivity contribution >= 4 is 23.2 Å². The normalized spacial score (nSPS) is 11.0. The molecular formula is C26H15Cl2FN2O. The first-order valence-electron chi connectivity index (χ1n) is 9.84. The second kappa shape index (κ2) is 8.58. The summed E-state index contributed by atoms with van der Waals surface area (Å²) in [4.78, 5) is 0. The molecule has 0 saturated carbocycles. The van der Waals surface area contributed by atoms with Crippen LogP contribution < -0.4 is 0 Å². The van der Waals surface area contributed by atoms with E-state index in [-0.39, 0.29) is 5.82 Å². The molecule has 0 radical (unpaired) electrons. The van der Waals surface area contributed by atoms with Gasteiger partial charge in [0.15, 0.2) is 0 Å². The summed E-state index contributed by atoms with van der Waals surface area (Å²) >= 11 is 12.9. The van der Waals surface area contributed by atoms with Gasteiger partial charge >= 0.3 is 0 Å². The predicted molar refractivity (Wildman–Crippen MR) is 126 cm³/mol. The molecule has 3 aromatic carbocycles. The molecule has 0 saturated heterocycles. The molecule has 0 unspecified atom stereocenters. The van der Waals surface area contributed by atoms with Crippen molar-refractivity contribution in [2.45, 2.75) is 0 Å². The lowest BCUT2D eigenvalue weighted by Crippen LogP contribution is -1.96. The largest absolute Gasteiger partial charge is 0.456 e. The summed E-state index contributed by atoms with van der Waals surface area (Å²) in [7, 11) is 0. The lowest BCUT2D eigenvalue weighted by atomic mass is 10.0. The Balaban J connectivity index is 1.68. The Bertz CT molecular complexity index is 1410. The first-order valence-corrected chi connectivity index (χ1v) is 10.6. The standard InChI is InChI=1S/C26H15Cl2FN2O/c27-21-7-3-1-5-18(21)23-15-20(26(31-30-23)19-6-2-4-8-22(19)28)25-14-13-24(32-25)16-9-11-17(29)12-10-16/h1-15H. The van der Waals surface area contributed by atoms with Gasteiger partial charge in [0.25, 0.3) is 0 Å². The van der Waals surface area contributed by atoms with Gasteiger partial charge in [0.1, 0.15) is 23.0 Å². The van der Waals surface area contributed by atoms with Crippen LogP contribution >= 0.6 is 23.2 Å². The fraction of sp³-hybridized carbons (Fsp3) is 0. The van der Waals surface area contributed by atoms with Gasteiger partial charge in [-0.25, -0.2) is 4.39 Å². The minimum atomic E-state index is -0.302. The summed E-state index contributed by atoms with van der Waals surface area (Å²) in [5.41, 5.74) is 4.19. The molecule has 0 aliphatic rings. The minimum Gasteiger partial charge on any atom is -0.456 e. The van der Waals surface area contributed by atoms with Crippen molar-refractivity contribution in [3.63, 3.8) is 0 Å². The summed E-state index contributed by atoms with van der Waals surface area (Å²) in [6.07, 6.45) is 0. The third-order valence-electron chi connectivity index (χ3n) is 5.07. The molecule has 0 spiro atoms. The number of hydrogen-bond acceptors (Lipinski definition) is 3. The van der Waals surface area contributed by atoms with Gasteiger partial charge in [-0.2, -0.15) is 0 Å². The topological polar surface area (TPSA) is 38.9 Å². The fourth-order valence-corrected chi connectivity index (χ4v) is 3.94. The maximum Gasteiger partial charge on any atom is 0.137 e. The van der Waals surface area contributed by atoms with Crippen LogP contribution in [0.1, 0.15) is 0 Å². The molecule has 0 fully saturated rings. The SMILES string of the molecule is Fc1ccc(-c2ccc(-c3cc(-c4ccccc4Cl)nnc3-c3ccccc3Cl)o2)cc1. The van der Waals surface area contributed by atoms with Crippen LogP contribution in [0.3, 0.4) is 0 Å². The zero-order chi connectivity index (χ0) is 22.1. The number of benzene rings is 3. The second-order valence-electron chi connectivity index (χ2n) is 7.12. The minimum absolute atomic E-state index is 0.302. The highest BCUT2D eigenvalue weighted by Crippen LogP contribution is 2.38. The zero-order valence-corrected chi connectivity index (χ0v) is 18.1. The van der Waals surface area contributed by atoms with E-state index < -0.39 is 0 Å². The molecule has 0 bridgehead atoms. The summed E-state index contributed by atoms with van der Waals surface area (Å²) in [6, 6.07) is 26.6. The van der Waals surface area contributed by atoms with Crippen LogP contribution in [0, 0.1) is 5.82 Å². The number of hydrogen-bond donors (Lipinski definition) is 0. The van der Waals surface area contributed by atoms with E-state index in [0.717, 1.165) is 22.3 Å². The maximum atomic E-state index is 13.3. The highest BCUT2D eigenvalue weighted by Gasteiger charge is 2.18. The molecule has 5 rings (SSSR count). The summed E-state index contributed by atoms with van der Waals surface area (Å²) in [6.45, 7) is 0. The molecule has 2 aromatic heterocycles.